The predicted molar refractivity (Wildman–Crippen MR) is 181 cm³/mol. The molecule has 2 aromatic carbocycles. The molecular formula is C35H52F3N5O5. The molecule has 2 aromatic rings. The van der Waals surface area contributed by atoms with Gasteiger partial charge in [-0.05, 0) is 41.5 Å². The standard InChI is InChI=1S/C33H51N5O3.C2HF3O2/c1-5-6-16-35-33(34)36-32(39)15-11-27-10-14-30(31(23-27)41-22-7-21-40-4)29-12-8-28(9-13-29)25-38-19-17-37(18-20-38)24-26(2)3;3-2(4,5)1(6)7/h8-10,12-14,23,26H,5-7,11,15-22,24-25H2,1-4H3,(H3,34,35,36,39);(H,6,7). The number of carbonyl (C=O) groups excluding carboxylic acids is 1. The van der Waals surface area contributed by atoms with Gasteiger partial charge >= 0.3 is 12.1 Å². The number of unbranched alkanes of at least 4 members (excludes halogenated alkanes) is 1. The summed E-state index contributed by atoms with van der Waals surface area (Å²) < 4.78 is 43.1. The molecule has 0 spiro atoms. The van der Waals surface area contributed by atoms with Crippen molar-refractivity contribution in [3.8, 4) is 16.9 Å². The van der Waals surface area contributed by atoms with Gasteiger partial charge in [-0.3, -0.25) is 20.4 Å². The molecule has 1 saturated heterocycles. The van der Waals surface area contributed by atoms with Crippen LogP contribution in [0.3, 0.4) is 0 Å². The van der Waals surface area contributed by atoms with Gasteiger partial charge in [0.2, 0.25) is 5.91 Å². The third kappa shape index (κ3) is 15.9. The minimum absolute atomic E-state index is 0.0674. The molecule has 13 heteroatoms. The smallest absolute Gasteiger partial charge is 0.490 e. The summed E-state index contributed by atoms with van der Waals surface area (Å²) in [6.45, 7) is 15.3. The lowest BCUT2D eigenvalue weighted by Crippen LogP contribution is -2.46. The van der Waals surface area contributed by atoms with Crippen LogP contribution >= 0.6 is 0 Å². The number of aliphatic carboxylic acids is 1. The Labute approximate surface area is 282 Å². The van der Waals surface area contributed by atoms with Crippen LogP contribution in [0.1, 0.15) is 57.6 Å². The number of hydrogen-bond acceptors (Lipinski definition) is 7. The number of methoxy groups -OCH3 is 1. The molecule has 0 aromatic heterocycles. The fraction of sp³-hybridized carbons (Fsp3) is 0.571. The zero-order valence-electron chi connectivity index (χ0n) is 28.6. The van der Waals surface area contributed by atoms with E-state index in [1.807, 2.05) is 6.07 Å². The molecule has 268 valence electrons. The number of carbonyl (C=O) groups is 2. The number of amides is 1. The number of nitrogens with one attached hydrogen (secondary N) is 3. The molecule has 1 aliphatic rings. The molecule has 1 aliphatic heterocycles. The van der Waals surface area contributed by atoms with Gasteiger partial charge in [0.1, 0.15) is 5.75 Å². The van der Waals surface area contributed by atoms with Gasteiger partial charge in [0, 0.05) is 77.9 Å². The topological polar surface area (TPSA) is 127 Å². The maximum atomic E-state index is 12.4. The highest BCUT2D eigenvalue weighted by Crippen LogP contribution is 2.32. The molecule has 10 nitrogen and oxygen atoms in total. The molecular weight excluding hydrogens is 627 g/mol. The average Bonchev–Trinajstić information content (AvgIpc) is 3.03. The molecule has 0 unspecified atom stereocenters. The Balaban J connectivity index is 0.00000103. The van der Waals surface area contributed by atoms with Crippen molar-refractivity contribution < 1.29 is 37.3 Å². The van der Waals surface area contributed by atoms with Crippen molar-refractivity contribution in [2.75, 3.05) is 59.6 Å². The third-order valence-electron chi connectivity index (χ3n) is 7.54. The summed E-state index contributed by atoms with van der Waals surface area (Å²) in [5.41, 5.74) is 4.52. The maximum Gasteiger partial charge on any atom is 0.490 e. The van der Waals surface area contributed by atoms with E-state index in [0.29, 0.717) is 32.6 Å². The van der Waals surface area contributed by atoms with Gasteiger partial charge in [-0.15, -0.1) is 0 Å². The van der Waals surface area contributed by atoms with Crippen LogP contribution in [0.25, 0.3) is 11.1 Å². The van der Waals surface area contributed by atoms with E-state index < -0.39 is 12.1 Å². The number of halogens is 3. The minimum Gasteiger partial charge on any atom is -0.493 e. The van der Waals surface area contributed by atoms with Crippen molar-refractivity contribution in [2.45, 2.75) is 65.6 Å². The molecule has 48 heavy (non-hydrogen) atoms. The van der Waals surface area contributed by atoms with E-state index in [-0.39, 0.29) is 11.9 Å². The number of hydrogen-bond donors (Lipinski definition) is 4. The zero-order chi connectivity index (χ0) is 35.5. The minimum atomic E-state index is -5.08. The van der Waals surface area contributed by atoms with Crippen LogP contribution in [0.15, 0.2) is 42.5 Å². The van der Waals surface area contributed by atoms with Gasteiger partial charge in [0.05, 0.1) is 6.61 Å². The molecule has 0 aliphatic carbocycles. The van der Waals surface area contributed by atoms with Crippen molar-refractivity contribution in [3.63, 3.8) is 0 Å². The molecule has 4 N–H and O–H groups in total. The van der Waals surface area contributed by atoms with Crippen LogP contribution in [0.5, 0.6) is 5.75 Å². The molecule has 1 amide bonds. The number of benzene rings is 2. The van der Waals surface area contributed by atoms with Crippen molar-refractivity contribution in [3.05, 3.63) is 53.6 Å². The number of aryl methyl sites for hydroxylation is 1. The molecule has 0 saturated carbocycles. The summed E-state index contributed by atoms with van der Waals surface area (Å²) in [7, 11) is 1.70. The Morgan fingerprint density at radius 2 is 1.60 bits per heavy atom. The van der Waals surface area contributed by atoms with Crippen LogP contribution in [-0.2, 0) is 27.3 Å². The molecule has 3 rings (SSSR count). The molecule has 0 atom stereocenters. The number of rotatable bonds is 16. The highest BCUT2D eigenvalue weighted by molar-refractivity contribution is 5.95. The summed E-state index contributed by atoms with van der Waals surface area (Å²) in [6, 6.07) is 15.0. The van der Waals surface area contributed by atoms with Crippen LogP contribution in [0.2, 0.25) is 0 Å². The number of ether oxygens (including phenoxy) is 2. The summed E-state index contributed by atoms with van der Waals surface area (Å²) in [4.78, 5) is 26.4. The molecule has 1 heterocycles. The van der Waals surface area contributed by atoms with Gasteiger partial charge in [-0.1, -0.05) is 63.6 Å². The van der Waals surface area contributed by atoms with Gasteiger partial charge < -0.3 is 24.8 Å². The van der Waals surface area contributed by atoms with E-state index >= 15 is 0 Å². The van der Waals surface area contributed by atoms with E-state index in [4.69, 9.17) is 24.8 Å². The largest absolute Gasteiger partial charge is 0.493 e. The van der Waals surface area contributed by atoms with Crippen molar-refractivity contribution in [1.82, 2.24) is 20.4 Å². The second-order valence-corrected chi connectivity index (χ2v) is 12.2. The van der Waals surface area contributed by atoms with Crippen LogP contribution in [-0.4, -0.2) is 98.5 Å². The lowest BCUT2D eigenvalue weighted by Gasteiger charge is -2.35. The fourth-order valence-corrected chi connectivity index (χ4v) is 5.05. The first-order chi connectivity index (χ1) is 22.8. The van der Waals surface area contributed by atoms with E-state index in [2.05, 4.69) is 77.6 Å². The number of carboxylic acids is 1. The quantitative estimate of drug-likeness (QED) is 0.103. The fourth-order valence-electron chi connectivity index (χ4n) is 5.05. The summed E-state index contributed by atoms with van der Waals surface area (Å²) >= 11 is 0. The molecule has 0 bridgehead atoms. The first-order valence-corrected chi connectivity index (χ1v) is 16.5. The Morgan fingerprint density at radius 3 is 2.19 bits per heavy atom. The lowest BCUT2D eigenvalue weighted by molar-refractivity contribution is -0.192. The second-order valence-electron chi connectivity index (χ2n) is 12.2. The number of piperazine rings is 1. The molecule has 1 fully saturated rings. The normalized spacial score (nSPS) is 13.8. The number of alkyl halides is 3. The number of nitrogens with zero attached hydrogens (tertiary/aromatic N) is 2. The van der Waals surface area contributed by atoms with E-state index in [1.54, 1.807) is 7.11 Å². The van der Waals surface area contributed by atoms with Gasteiger partial charge in [0.15, 0.2) is 5.96 Å². The lowest BCUT2D eigenvalue weighted by atomic mass is 9.99. The van der Waals surface area contributed by atoms with Crippen molar-refractivity contribution in [2.24, 2.45) is 5.92 Å². The van der Waals surface area contributed by atoms with Crippen LogP contribution in [0.4, 0.5) is 13.2 Å². The van der Waals surface area contributed by atoms with Crippen LogP contribution < -0.4 is 15.4 Å². The van der Waals surface area contributed by atoms with Gasteiger partial charge in [-0.25, -0.2) is 4.79 Å². The van der Waals surface area contributed by atoms with Crippen molar-refractivity contribution in [1.29, 1.82) is 5.41 Å². The van der Waals surface area contributed by atoms with Gasteiger partial charge in [0.25, 0.3) is 0 Å². The third-order valence-corrected chi connectivity index (χ3v) is 7.54. The molecule has 0 radical (unpaired) electrons. The predicted octanol–water partition coefficient (Wildman–Crippen LogP) is 5.55. The zero-order valence-corrected chi connectivity index (χ0v) is 28.6. The number of carboxylic acid groups (broad SMARTS) is 1. The summed E-state index contributed by atoms with van der Waals surface area (Å²) in [5, 5.41) is 20.6. The summed E-state index contributed by atoms with van der Waals surface area (Å²) in [6.07, 6.45) is -1.39. The van der Waals surface area contributed by atoms with E-state index in [9.17, 15) is 18.0 Å². The average molecular weight is 680 g/mol. The van der Waals surface area contributed by atoms with Crippen LogP contribution in [0, 0.1) is 11.3 Å². The SMILES string of the molecule is CCCCNC(=N)NC(=O)CCc1ccc(-c2ccc(CN3CCN(CC(C)C)CC3)cc2)c(OCCCOC)c1.O=C(O)C(F)(F)F. The first kappa shape index (κ1) is 40.5. The highest BCUT2D eigenvalue weighted by atomic mass is 19.4. The Kier molecular flexibility index (Phi) is 18.0. The number of guanidine groups is 1. The Bertz CT molecular complexity index is 1270. The second kappa shape index (κ2) is 21.3. The van der Waals surface area contributed by atoms with E-state index in [1.165, 1.54) is 12.1 Å². The monoisotopic (exact) mass is 679 g/mol. The Morgan fingerprint density at radius 1 is 0.979 bits per heavy atom. The highest BCUT2D eigenvalue weighted by Gasteiger charge is 2.38. The summed E-state index contributed by atoms with van der Waals surface area (Å²) in [5.74, 6) is -1.32. The maximum absolute atomic E-state index is 12.4. The van der Waals surface area contributed by atoms with E-state index in [0.717, 1.165) is 80.3 Å². The van der Waals surface area contributed by atoms with Gasteiger partial charge in [-0.2, -0.15) is 13.2 Å². The first-order valence-electron chi connectivity index (χ1n) is 16.5. The Hall–Kier alpha value is -3.68. The van der Waals surface area contributed by atoms with Crippen molar-refractivity contribution >= 4 is 17.8 Å².